The summed E-state index contributed by atoms with van der Waals surface area (Å²) in [6.07, 6.45) is 0. The third-order valence-corrected chi connectivity index (χ3v) is 2.17. The van der Waals surface area contributed by atoms with Crippen LogP contribution >= 0.6 is 0 Å². The summed E-state index contributed by atoms with van der Waals surface area (Å²) in [5, 5.41) is 2.95. The van der Waals surface area contributed by atoms with E-state index in [2.05, 4.69) is 15.7 Å². The first-order valence-corrected chi connectivity index (χ1v) is 5.14. The van der Waals surface area contributed by atoms with Crippen molar-refractivity contribution in [3.8, 4) is 0 Å². The van der Waals surface area contributed by atoms with Crippen molar-refractivity contribution in [3.05, 3.63) is 30.3 Å². The number of nitrogens with two attached hydrogens (primary N) is 2. The van der Waals surface area contributed by atoms with E-state index in [1.807, 2.05) is 30.3 Å². The highest BCUT2D eigenvalue weighted by molar-refractivity contribution is 5.96. The molecule has 0 saturated carbocycles. The molecule has 0 bridgehead atoms. The molecule has 92 valence electrons. The molecule has 1 rings (SSSR count). The van der Waals surface area contributed by atoms with Gasteiger partial charge in [0, 0.05) is 5.69 Å². The summed E-state index contributed by atoms with van der Waals surface area (Å²) in [7, 11) is 0. The topological polar surface area (TPSA) is 106 Å². The number of amides is 1. The molecule has 0 spiro atoms. The number of primary amides is 1. The van der Waals surface area contributed by atoms with E-state index in [0.29, 0.717) is 0 Å². The van der Waals surface area contributed by atoms with Gasteiger partial charge in [-0.15, -0.1) is 0 Å². The van der Waals surface area contributed by atoms with E-state index >= 15 is 0 Å². The molecule has 0 heterocycles. The zero-order valence-corrected chi connectivity index (χ0v) is 9.90. The van der Waals surface area contributed by atoms with Gasteiger partial charge in [-0.1, -0.05) is 18.2 Å². The number of carbonyl (C=O) groups is 1. The van der Waals surface area contributed by atoms with Gasteiger partial charge in [0.15, 0.2) is 0 Å². The van der Waals surface area contributed by atoms with Crippen LogP contribution in [0.3, 0.4) is 0 Å². The molecule has 1 aromatic rings. The van der Waals surface area contributed by atoms with Gasteiger partial charge < -0.3 is 11.1 Å². The van der Waals surface area contributed by atoms with Crippen molar-refractivity contribution in [1.29, 1.82) is 0 Å². The SMILES string of the molecule is CC(C)(N=C(NN)Nc1ccccc1)C(N)=O. The van der Waals surface area contributed by atoms with Gasteiger partial charge in [0.05, 0.1) is 0 Å². The predicted octanol–water partition coefficient (Wildman–Crippen LogP) is 0.182. The quantitative estimate of drug-likeness (QED) is 0.259. The van der Waals surface area contributed by atoms with E-state index in [4.69, 9.17) is 11.6 Å². The van der Waals surface area contributed by atoms with E-state index in [1.165, 1.54) is 0 Å². The zero-order chi connectivity index (χ0) is 12.9. The van der Waals surface area contributed by atoms with Gasteiger partial charge in [-0.05, 0) is 26.0 Å². The van der Waals surface area contributed by atoms with Crippen molar-refractivity contribution in [2.75, 3.05) is 5.32 Å². The molecule has 0 aliphatic carbocycles. The Balaban J connectivity index is 2.86. The van der Waals surface area contributed by atoms with Crippen LogP contribution in [0.15, 0.2) is 35.3 Å². The van der Waals surface area contributed by atoms with Gasteiger partial charge in [0.1, 0.15) is 5.54 Å². The molecule has 6 heteroatoms. The van der Waals surface area contributed by atoms with Crippen molar-refractivity contribution in [2.24, 2.45) is 16.6 Å². The Morgan fingerprint density at radius 2 is 1.88 bits per heavy atom. The number of benzene rings is 1. The average Bonchev–Trinajstić information content (AvgIpc) is 2.29. The summed E-state index contributed by atoms with van der Waals surface area (Å²) in [6, 6.07) is 9.34. The average molecular weight is 235 g/mol. The van der Waals surface area contributed by atoms with Crippen LogP contribution in [0.25, 0.3) is 0 Å². The summed E-state index contributed by atoms with van der Waals surface area (Å²) in [5.74, 6) is 5.08. The third kappa shape index (κ3) is 3.76. The lowest BCUT2D eigenvalue weighted by molar-refractivity contribution is -0.121. The highest BCUT2D eigenvalue weighted by Gasteiger charge is 2.24. The molecule has 0 aliphatic heterocycles. The molecular weight excluding hydrogens is 218 g/mol. The maximum absolute atomic E-state index is 11.1. The minimum Gasteiger partial charge on any atom is -0.368 e. The number of aliphatic imine (C=N–C) groups is 1. The first-order valence-electron chi connectivity index (χ1n) is 5.14. The number of guanidine groups is 1. The van der Waals surface area contributed by atoms with Crippen LogP contribution in [-0.4, -0.2) is 17.4 Å². The van der Waals surface area contributed by atoms with E-state index in [-0.39, 0.29) is 5.96 Å². The van der Waals surface area contributed by atoms with Crippen molar-refractivity contribution < 1.29 is 4.79 Å². The minimum atomic E-state index is -1.02. The summed E-state index contributed by atoms with van der Waals surface area (Å²) in [6.45, 7) is 3.22. The fraction of sp³-hybridized carbons (Fsp3) is 0.273. The Hall–Kier alpha value is -2.08. The van der Waals surface area contributed by atoms with Crippen molar-refractivity contribution in [1.82, 2.24) is 5.43 Å². The van der Waals surface area contributed by atoms with Crippen LogP contribution < -0.4 is 22.3 Å². The predicted molar refractivity (Wildman–Crippen MR) is 68.1 cm³/mol. The lowest BCUT2D eigenvalue weighted by atomic mass is 10.1. The molecule has 0 radical (unpaired) electrons. The lowest BCUT2D eigenvalue weighted by Gasteiger charge is -2.18. The van der Waals surface area contributed by atoms with E-state index in [1.54, 1.807) is 13.8 Å². The number of hydrazine groups is 1. The van der Waals surface area contributed by atoms with Gasteiger partial charge in [0.25, 0.3) is 0 Å². The first kappa shape index (κ1) is 13.0. The fourth-order valence-electron chi connectivity index (χ4n) is 1.09. The fourth-order valence-corrected chi connectivity index (χ4v) is 1.09. The molecule has 17 heavy (non-hydrogen) atoms. The van der Waals surface area contributed by atoms with Crippen LogP contribution in [0.2, 0.25) is 0 Å². The van der Waals surface area contributed by atoms with Crippen molar-refractivity contribution in [3.63, 3.8) is 0 Å². The molecule has 6 N–H and O–H groups in total. The standard InChI is InChI=1S/C11H17N5O/c1-11(2,9(12)17)15-10(16-13)14-8-6-4-3-5-7-8/h3-7H,13H2,1-2H3,(H2,12,17)(H2,14,15,16). The smallest absolute Gasteiger partial charge is 0.244 e. The number of para-hydroxylation sites is 1. The molecule has 0 unspecified atom stereocenters. The van der Waals surface area contributed by atoms with E-state index < -0.39 is 11.4 Å². The van der Waals surface area contributed by atoms with Crippen LogP contribution in [0.5, 0.6) is 0 Å². The Morgan fingerprint density at radius 1 is 1.29 bits per heavy atom. The second-order valence-electron chi connectivity index (χ2n) is 4.02. The van der Waals surface area contributed by atoms with Crippen LogP contribution in [0.4, 0.5) is 5.69 Å². The number of carbonyl (C=O) groups excluding carboxylic acids is 1. The molecule has 1 aromatic carbocycles. The molecule has 0 aliphatic rings. The van der Waals surface area contributed by atoms with Gasteiger partial charge in [-0.2, -0.15) is 0 Å². The Labute approximate surface area is 100 Å². The Morgan fingerprint density at radius 3 is 2.35 bits per heavy atom. The van der Waals surface area contributed by atoms with E-state index in [0.717, 1.165) is 5.69 Å². The monoisotopic (exact) mass is 235 g/mol. The highest BCUT2D eigenvalue weighted by Crippen LogP contribution is 2.09. The van der Waals surface area contributed by atoms with Crippen LogP contribution in [0.1, 0.15) is 13.8 Å². The summed E-state index contributed by atoms with van der Waals surface area (Å²) < 4.78 is 0. The number of rotatable bonds is 3. The lowest BCUT2D eigenvalue weighted by Crippen LogP contribution is -2.43. The van der Waals surface area contributed by atoms with E-state index in [9.17, 15) is 4.79 Å². The maximum Gasteiger partial charge on any atom is 0.244 e. The molecule has 1 amide bonds. The van der Waals surface area contributed by atoms with Gasteiger partial charge in [0.2, 0.25) is 11.9 Å². The Bertz CT molecular complexity index is 413. The van der Waals surface area contributed by atoms with Crippen molar-refractivity contribution in [2.45, 2.75) is 19.4 Å². The van der Waals surface area contributed by atoms with Crippen LogP contribution in [0, 0.1) is 0 Å². The molecule has 0 atom stereocenters. The number of nitrogens with zero attached hydrogens (tertiary/aromatic N) is 1. The minimum absolute atomic E-state index is 0.278. The zero-order valence-electron chi connectivity index (χ0n) is 9.90. The molecule has 0 saturated heterocycles. The molecular formula is C11H17N5O. The normalized spacial score (nSPS) is 12.1. The summed E-state index contributed by atoms with van der Waals surface area (Å²) in [5.41, 5.74) is 7.40. The molecule has 0 fully saturated rings. The second kappa shape index (κ2) is 5.31. The maximum atomic E-state index is 11.1. The summed E-state index contributed by atoms with van der Waals surface area (Å²) >= 11 is 0. The van der Waals surface area contributed by atoms with Gasteiger partial charge in [-0.25, -0.2) is 10.8 Å². The third-order valence-electron chi connectivity index (χ3n) is 2.17. The van der Waals surface area contributed by atoms with Gasteiger partial charge >= 0.3 is 0 Å². The van der Waals surface area contributed by atoms with Gasteiger partial charge in [-0.3, -0.25) is 10.2 Å². The number of anilines is 1. The molecule has 0 aromatic heterocycles. The number of hydrogen-bond donors (Lipinski definition) is 4. The number of hydrogen-bond acceptors (Lipinski definition) is 3. The molecule has 6 nitrogen and oxygen atoms in total. The van der Waals surface area contributed by atoms with Crippen LogP contribution in [-0.2, 0) is 4.79 Å². The Kier molecular flexibility index (Phi) is 4.06. The largest absolute Gasteiger partial charge is 0.368 e. The second-order valence-corrected chi connectivity index (χ2v) is 4.02. The first-order chi connectivity index (χ1) is 7.95. The summed E-state index contributed by atoms with van der Waals surface area (Å²) in [4.78, 5) is 15.3. The highest BCUT2D eigenvalue weighted by atomic mass is 16.1. The number of nitrogens with one attached hydrogen (secondary N) is 2. The van der Waals surface area contributed by atoms with Crippen molar-refractivity contribution >= 4 is 17.6 Å².